The van der Waals surface area contributed by atoms with Crippen molar-refractivity contribution in [3.05, 3.63) is 41.0 Å². The molecule has 0 radical (unpaired) electrons. The molecule has 0 aromatic carbocycles. The molecule has 0 unspecified atom stereocenters. The Morgan fingerprint density at radius 1 is 1.14 bits per heavy atom. The Balaban J connectivity index is 1.75. The molecular formula is C18H20ClN5O3S. The summed E-state index contributed by atoms with van der Waals surface area (Å²) in [5.74, 6) is 0.605. The number of carbonyl (C=O) groups excluding carboxylic acids is 1. The van der Waals surface area contributed by atoms with Crippen molar-refractivity contribution in [1.82, 2.24) is 14.7 Å². The van der Waals surface area contributed by atoms with E-state index in [1.165, 1.54) is 18.2 Å². The third-order valence-electron chi connectivity index (χ3n) is 4.99. The highest BCUT2D eigenvalue weighted by Crippen LogP contribution is 2.29. The second-order valence-electron chi connectivity index (χ2n) is 6.97. The SMILES string of the molecule is O=C1NS(=O)(=O)c2cccc(n2)NCCC[C@H]2CCN(C2)c2nc(Cl)ccc21. The molecule has 1 fully saturated rings. The molecule has 2 aromatic heterocycles. The molecule has 1 saturated heterocycles. The van der Waals surface area contributed by atoms with E-state index in [1.807, 2.05) is 4.90 Å². The molecule has 2 aliphatic heterocycles. The Labute approximate surface area is 168 Å². The van der Waals surface area contributed by atoms with Crippen molar-refractivity contribution >= 4 is 39.2 Å². The molecule has 2 aliphatic rings. The zero-order chi connectivity index (χ0) is 19.7. The van der Waals surface area contributed by atoms with Crippen molar-refractivity contribution in [2.75, 3.05) is 29.9 Å². The summed E-state index contributed by atoms with van der Waals surface area (Å²) in [6.07, 6.45) is 2.94. The maximum atomic E-state index is 12.8. The van der Waals surface area contributed by atoms with Gasteiger partial charge in [-0.05, 0) is 49.4 Å². The summed E-state index contributed by atoms with van der Waals surface area (Å²) >= 11 is 6.05. The summed E-state index contributed by atoms with van der Waals surface area (Å²) < 4.78 is 27.4. The van der Waals surface area contributed by atoms with Crippen LogP contribution in [0, 0.1) is 5.92 Å². The number of halogens is 1. The first-order valence-corrected chi connectivity index (χ1v) is 11.0. The van der Waals surface area contributed by atoms with Crippen LogP contribution in [0.3, 0.4) is 0 Å². The van der Waals surface area contributed by atoms with E-state index in [0.717, 1.165) is 32.4 Å². The van der Waals surface area contributed by atoms with Crippen LogP contribution >= 0.6 is 11.6 Å². The summed E-state index contributed by atoms with van der Waals surface area (Å²) in [4.78, 5) is 23.2. The number of hydrogen-bond donors (Lipinski definition) is 2. The van der Waals surface area contributed by atoms with Crippen LogP contribution in [0.4, 0.5) is 11.6 Å². The van der Waals surface area contributed by atoms with Crippen LogP contribution < -0.4 is 14.9 Å². The Bertz CT molecular complexity index is 1010. The van der Waals surface area contributed by atoms with Crippen LogP contribution in [0.2, 0.25) is 5.15 Å². The van der Waals surface area contributed by atoms with Crippen LogP contribution in [0.25, 0.3) is 0 Å². The molecule has 10 heteroatoms. The average Bonchev–Trinajstić information content (AvgIpc) is 3.13. The van der Waals surface area contributed by atoms with Crippen LogP contribution in [-0.2, 0) is 10.0 Å². The minimum Gasteiger partial charge on any atom is -0.370 e. The summed E-state index contributed by atoms with van der Waals surface area (Å²) in [6, 6.07) is 7.64. The molecule has 1 amide bonds. The number of rotatable bonds is 0. The minimum absolute atomic E-state index is 0.178. The Morgan fingerprint density at radius 3 is 2.86 bits per heavy atom. The minimum atomic E-state index is -4.13. The number of anilines is 2. The Hall–Kier alpha value is -2.39. The average molecular weight is 422 g/mol. The van der Waals surface area contributed by atoms with E-state index in [2.05, 4.69) is 20.0 Å². The molecule has 1 atom stereocenters. The van der Waals surface area contributed by atoms with Gasteiger partial charge < -0.3 is 10.2 Å². The lowest BCUT2D eigenvalue weighted by molar-refractivity contribution is 0.0981. The van der Waals surface area contributed by atoms with E-state index in [4.69, 9.17) is 11.6 Å². The number of pyridine rings is 2. The monoisotopic (exact) mass is 421 g/mol. The number of nitrogens with zero attached hydrogens (tertiary/aromatic N) is 3. The van der Waals surface area contributed by atoms with Crippen LogP contribution in [-0.4, -0.2) is 43.9 Å². The van der Waals surface area contributed by atoms with Gasteiger partial charge in [-0.3, -0.25) is 4.79 Å². The molecule has 0 aliphatic carbocycles. The standard InChI is InChI=1S/C18H20ClN5O3S/c19-14-7-6-13-17(21-14)24-10-8-12(11-24)3-2-9-20-15-4-1-5-16(22-15)28(26,27)23-18(13)25/h1,4-7,12H,2-3,8-11H2,(H,20,22)(H,23,25)/t12-/m0/s1. The molecule has 4 rings (SSSR count). The normalized spacial score (nSPS) is 21.7. The van der Waals surface area contributed by atoms with Gasteiger partial charge in [0.25, 0.3) is 15.9 Å². The second-order valence-corrected chi connectivity index (χ2v) is 8.99. The lowest BCUT2D eigenvalue weighted by Crippen LogP contribution is -2.33. The molecule has 28 heavy (non-hydrogen) atoms. The van der Waals surface area contributed by atoms with Gasteiger partial charge in [0.05, 0.1) is 5.56 Å². The van der Waals surface area contributed by atoms with Gasteiger partial charge in [0.2, 0.25) is 0 Å². The number of carbonyl (C=O) groups is 1. The van der Waals surface area contributed by atoms with Gasteiger partial charge in [-0.25, -0.2) is 14.7 Å². The molecular weight excluding hydrogens is 402 g/mol. The van der Waals surface area contributed by atoms with Gasteiger partial charge in [0.1, 0.15) is 16.8 Å². The van der Waals surface area contributed by atoms with Crippen molar-refractivity contribution in [2.45, 2.75) is 24.3 Å². The Morgan fingerprint density at radius 2 is 2.00 bits per heavy atom. The van der Waals surface area contributed by atoms with Crippen LogP contribution in [0.1, 0.15) is 29.6 Å². The largest absolute Gasteiger partial charge is 0.370 e. The number of nitrogens with one attached hydrogen (secondary N) is 2. The van der Waals surface area contributed by atoms with Crippen molar-refractivity contribution in [3.63, 3.8) is 0 Å². The number of sulfonamides is 1. The molecule has 0 saturated carbocycles. The van der Waals surface area contributed by atoms with Crippen molar-refractivity contribution in [3.8, 4) is 0 Å². The van der Waals surface area contributed by atoms with Crippen molar-refractivity contribution in [1.29, 1.82) is 0 Å². The predicted octanol–water partition coefficient (Wildman–Crippen LogP) is 2.28. The van der Waals surface area contributed by atoms with E-state index in [1.54, 1.807) is 12.1 Å². The van der Waals surface area contributed by atoms with Gasteiger partial charge >= 0.3 is 0 Å². The summed E-state index contributed by atoms with van der Waals surface area (Å²) in [6.45, 7) is 2.20. The number of amides is 1. The highest BCUT2D eigenvalue weighted by Gasteiger charge is 2.29. The molecule has 2 aromatic rings. The summed E-state index contributed by atoms with van der Waals surface area (Å²) in [5, 5.41) is 3.20. The third kappa shape index (κ3) is 3.90. The van der Waals surface area contributed by atoms with Gasteiger partial charge in [-0.1, -0.05) is 17.7 Å². The van der Waals surface area contributed by atoms with Gasteiger partial charge in [0.15, 0.2) is 5.03 Å². The van der Waals surface area contributed by atoms with E-state index < -0.39 is 15.9 Å². The predicted molar refractivity (Wildman–Crippen MR) is 106 cm³/mol. The number of aromatic nitrogens is 2. The topological polar surface area (TPSA) is 104 Å². The van der Waals surface area contributed by atoms with E-state index in [-0.39, 0.29) is 15.7 Å². The first-order chi connectivity index (χ1) is 13.4. The first kappa shape index (κ1) is 18.9. The first-order valence-electron chi connectivity index (χ1n) is 9.12. The lowest BCUT2D eigenvalue weighted by atomic mass is 10.0. The van der Waals surface area contributed by atoms with Gasteiger partial charge in [-0.2, -0.15) is 8.42 Å². The van der Waals surface area contributed by atoms with Crippen LogP contribution in [0.5, 0.6) is 0 Å². The maximum absolute atomic E-state index is 12.8. The van der Waals surface area contributed by atoms with Gasteiger partial charge in [0, 0.05) is 19.6 Å². The maximum Gasteiger partial charge on any atom is 0.281 e. The second kappa shape index (κ2) is 7.56. The van der Waals surface area contributed by atoms with Crippen molar-refractivity contribution in [2.24, 2.45) is 5.92 Å². The quantitative estimate of drug-likeness (QED) is 0.629. The van der Waals surface area contributed by atoms with Crippen molar-refractivity contribution < 1.29 is 13.2 Å². The lowest BCUT2D eigenvalue weighted by Gasteiger charge is -2.20. The zero-order valence-electron chi connectivity index (χ0n) is 15.1. The fourth-order valence-corrected chi connectivity index (χ4v) is 4.68. The third-order valence-corrected chi connectivity index (χ3v) is 6.44. The molecule has 0 spiro atoms. The smallest absolute Gasteiger partial charge is 0.281 e. The summed E-state index contributed by atoms with van der Waals surface area (Å²) in [7, 11) is -4.13. The molecule has 2 N–H and O–H groups in total. The van der Waals surface area contributed by atoms with E-state index >= 15 is 0 Å². The number of fused-ring (bicyclic) bond motifs is 6. The van der Waals surface area contributed by atoms with Gasteiger partial charge in [-0.15, -0.1) is 0 Å². The molecule has 4 heterocycles. The summed E-state index contributed by atoms with van der Waals surface area (Å²) in [5.41, 5.74) is 0.178. The van der Waals surface area contributed by atoms with E-state index in [9.17, 15) is 13.2 Å². The highest BCUT2D eigenvalue weighted by molar-refractivity contribution is 7.90. The van der Waals surface area contributed by atoms with Crippen LogP contribution in [0.15, 0.2) is 35.4 Å². The fourth-order valence-electron chi connectivity index (χ4n) is 3.60. The Kier molecular flexibility index (Phi) is 5.11. The molecule has 8 nitrogen and oxygen atoms in total. The molecule has 4 bridgehead atoms. The van der Waals surface area contributed by atoms with E-state index in [0.29, 0.717) is 24.1 Å². The zero-order valence-corrected chi connectivity index (χ0v) is 16.6. The molecule has 148 valence electrons. The number of hydrogen-bond acceptors (Lipinski definition) is 7. The fraction of sp³-hybridized carbons (Fsp3) is 0.389. The highest BCUT2D eigenvalue weighted by atomic mass is 35.5.